The number of nitrogens with zero attached hydrogens (tertiary/aromatic N) is 2. The van der Waals surface area contributed by atoms with Crippen LogP contribution in [0.15, 0.2) is 59.6 Å². The third-order valence-electron chi connectivity index (χ3n) is 26.9. The molecule has 0 saturated heterocycles. The fourth-order valence-corrected chi connectivity index (χ4v) is 26.5. The van der Waals surface area contributed by atoms with Crippen LogP contribution in [0.2, 0.25) is 0 Å². The van der Waals surface area contributed by atoms with Gasteiger partial charge in [0.2, 0.25) is 0 Å². The zero-order valence-electron chi connectivity index (χ0n) is 39.5. The van der Waals surface area contributed by atoms with Crippen molar-refractivity contribution in [2.45, 2.75) is 16.9 Å². The molecule has 4 aliphatic carbocycles. The molecular formula is C74H10N2O2. The van der Waals surface area contributed by atoms with Gasteiger partial charge >= 0.3 is 0 Å². The van der Waals surface area contributed by atoms with Crippen LogP contribution in [0.5, 0.6) is 0 Å². The number of rotatable bonds is 3. The second-order valence-corrected chi connectivity index (χ2v) is 27.4. The highest BCUT2D eigenvalue weighted by molar-refractivity contribution is 6.82. The molecule has 0 radical (unpaired) electrons. The maximum Gasteiger partial charge on any atom is 0.269 e. The van der Waals surface area contributed by atoms with Gasteiger partial charge in [-0.15, -0.1) is 0 Å². The summed E-state index contributed by atoms with van der Waals surface area (Å²) in [6.07, 6.45) is 0. The molecular weight excluding hydrogens is 949 g/mol. The monoisotopic (exact) mass is 958 g/mol. The first kappa shape index (κ1) is 29.9. The highest BCUT2D eigenvalue weighted by Crippen LogP contribution is 2.87. The summed E-state index contributed by atoms with van der Waals surface area (Å²) < 4.78 is 0. The van der Waals surface area contributed by atoms with E-state index in [1.54, 1.807) is 304 Å². The van der Waals surface area contributed by atoms with Crippen molar-refractivity contribution in [1.82, 2.24) is 0 Å². The lowest BCUT2D eigenvalue weighted by Gasteiger charge is -2.52. The summed E-state index contributed by atoms with van der Waals surface area (Å²) in [5.74, 6) is 0. The minimum atomic E-state index is -0.702. The molecule has 0 fully saturated rings. The lowest BCUT2D eigenvalue weighted by molar-refractivity contribution is -0.384. The van der Waals surface area contributed by atoms with Crippen molar-refractivity contribution < 1.29 is 4.92 Å². The number of non-ortho nitro benzene ring substituents is 1. The van der Waals surface area contributed by atoms with E-state index in [2.05, 4.69) is 42.5 Å². The van der Waals surface area contributed by atoms with E-state index < -0.39 is 10.8 Å². The fraction of sp³-hybridized carbons (Fsp3) is 0.0405. The molecule has 0 aromatic heterocycles. The third-order valence-corrected chi connectivity index (χ3v) is 26.9. The number of nitro benzene ring substituents is 1. The van der Waals surface area contributed by atoms with Crippen LogP contribution in [0.3, 0.4) is 0 Å². The van der Waals surface area contributed by atoms with Crippen molar-refractivity contribution in [3.05, 3.63) is 98.1 Å². The molecule has 78 heavy (non-hydrogen) atoms. The van der Waals surface area contributed by atoms with Gasteiger partial charge in [-0.2, -0.15) is 0 Å². The first-order valence-corrected chi connectivity index (χ1v) is 28.4. The predicted molar refractivity (Wildman–Crippen MR) is 323 cm³/mol. The lowest BCUT2D eigenvalue weighted by atomic mass is 9.45. The molecule has 0 saturated carbocycles. The van der Waals surface area contributed by atoms with Crippen LogP contribution in [0.1, 0.15) is 39.4 Å². The van der Waals surface area contributed by atoms with Crippen molar-refractivity contribution in [2.24, 2.45) is 4.99 Å². The van der Waals surface area contributed by atoms with E-state index in [1.165, 1.54) is 32.8 Å². The third kappa shape index (κ3) is 1.66. The van der Waals surface area contributed by atoms with Crippen LogP contribution in [-0.2, 0) is 10.8 Å². The molecule has 4 heteroatoms. The van der Waals surface area contributed by atoms with Crippen LogP contribution >= 0.6 is 0 Å². The van der Waals surface area contributed by atoms with Crippen LogP contribution in [0.4, 0.5) is 5.69 Å². The van der Waals surface area contributed by atoms with Gasteiger partial charge in [-0.1, -0.05) is 42.5 Å². The number of nitro groups is 1. The molecule has 0 amide bonds. The number of benzene rings is 20. The van der Waals surface area contributed by atoms with Gasteiger partial charge in [0.25, 0.3) is 5.69 Å². The maximum absolute atomic E-state index is 12.7. The van der Waals surface area contributed by atoms with E-state index in [4.69, 9.17) is 4.99 Å². The molecule has 328 valence electrons. The zero-order chi connectivity index (χ0) is 47.0. The van der Waals surface area contributed by atoms with Gasteiger partial charge in [0.05, 0.1) is 27.5 Å². The number of hydrogen-bond acceptors (Lipinski definition) is 3. The lowest BCUT2D eigenvalue weighted by Crippen LogP contribution is -2.55. The summed E-state index contributed by atoms with van der Waals surface area (Å²) >= 11 is 0. The molecule has 0 bridgehead atoms. The van der Waals surface area contributed by atoms with E-state index >= 15 is 0 Å². The molecule has 1 heterocycles. The Balaban J connectivity index is 1.09. The Morgan fingerprint density at radius 3 is 0.769 bits per heavy atom. The Morgan fingerprint density at radius 2 is 0.526 bits per heavy atom. The average molecular weight is 959 g/mol. The maximum atomic E-state index is 12.7. The van der Waals surface area contributed by atoms with E-state index in [0.717, 1.165) is 5.56 Å². The molecule has 30 aromatic carbocycles. The highest BCUT2D eigenvalue weighted by atomic mass is 16.6. The van der Waals surface area contributed by atoms with E-state index in [1.807, 2.05) is 0 Å². The molecule has 1 aliphatic heterocycles. The molecule has 0 N–H and O–H groups in total. The van der Waals surface area contributed by atoms with Crippen molar-refractivity contribution in [2.75, 3.05) is 0 Å². The van der Waals surface area contributed by atoms with Crippen LogP contribution in [-0.4, -0.2) is 10.6 Å². The minimum absolute atomic E-state index is 0.136. The van der Waals surface area contributed by atoms with Crippen LogP contribution in [0, 0.1) is 10.1 Å². The highest BCUT2D eigenvalue weighted by Gasteiger charge is 2.76. The van der Waals surface area contributed by atoms with Crippen LogP contribution < -0.4 is 0 Å². The summed E-state index contributed by atoms with van der Waals surface area (Å²) in [7, 11) is 0. The Morgan fingerprint density at radius 1 is 0.295 bits per heavy atom. The summed E-state index contributed by atoms with van der Waals surface area (Å²) in [6.45, 7) is 0. The second-order valence-electron chi connectivity index (χ2n) is 27.4. The predicted octanol–water partition coefficient (Wildman–Crippen LogP) is 19.4. The van der Waals surface area contributed by atoms with Gasteiger partial charge in [-0.25, -0.2) is 0 Å². The average Bonchev–Trinajstić information content (AvgIpc) is 1.46. The smallest absolute Gasteiger partial charge is 0.269 e. The molecule has 35 rings (SSSR count). The second kappa shape index (κ2) is 7.01. The zero-order valence-corrected chi connectivity index (χ0v) is 39.5. The first-order chi connectivity index (χ1) is 38.7. The van der Waals surface area contributed by atoms with Gasteiger partial charge in [-0.05, 0) is 324 Å². The van der Waals surface area contributed by atoms with Crippen molar-refractivity contribution in [1.29, 1.82) is 0 Å². The first-order valence-electron chi connectivity index (χ1n) is 28.4. The largest absolute Gasteiger partial charge is 0.278 e. The van der Waals surface area contributed by atoms with Gasteiger partial charge in [0, 0.05) is 12.1 Å². The Hall–Kier alpha value is -10.0. The van der Waals surface area contributed by atoms with Crippen molar-refractivity contribution in [3.8, 4) is 0 Å². The van der Waals surface area contributed by atoms with E-state index in [9.17, 15) is 10.1 Å². The Kier molecular flexibility index (Phi) is 2.69. The Bertz CT molecular complexity index is 7800. The van der Waals surface area contributed by atoms with Crippen LogP contribution in [0.25, 0.3) is 291 Å². The molecule has 5 aliphatic rings. The number of aliphatic imine (C=N–C) groups is 1. The topological polar surface area (TPSA) is 55.5 Å². The quantitative estimate of drug-likeness (QED) is 0.101. The summed E-state index contributed by atoms with van der Waals surface area (Å²) in [6, 6.07) is 19.0. The van der Waals surface area contributed by atoms with E-state index in [-0.39, 0.29) is 16.7 Å². The number of hydrogen-bond donors (Lipinski definition) is 0. The van der Waals surface area contributed by atoms with Gasteiger partial charge in [-0.3, -0.25) is 15.1 Å². The minimum Gasteiger partial charge on any atom is -0.278 e. The molecule has 30 aromatic rings. The molecule has 1 unspecified atom stereocenters. The molecule has 2 spiro atoms. The van der Waals surface area contributed by atoms with Crippen molar-refractivity contribution >= 4 is 302 Å². The summed E-state index contributed by atoms with van der Waals surface area (Å²) in [5, 5.41) is 97.7. The molecule has 4 nitrogen and oxygen atoms in total. The van der Waals surface area contributed by atoms with Gasteiger partial charge in [0.15, 0.2) is 0 Å². The summed E-state index contributed by atoms with van der Waals surface area (Å²) in [5.41, 5.74) is 8.46. The van der Waals surface area contributed by atoms with Gasteiger partial charge < -0.3 is 0 Å². The van der Waals surface area contributed by atoms with E-state index in [0.29, 0.717) is 0 Å². The summed E-state index contributed by atoms with van der Waals surface area (Å²) in [4.78, 5) is 19.1. The van der Waals surface area contributed by atoms with Gasteiger partial charge in [0.1, 0.15) is 0 Å². The normalized spacial score (nSPS) is 22.3. The standard InChI is InChI=1S/C74H10N2O2/c77-76(78)12-8-6-11(7-9-12)72-74-69-61-53-43-33-25-17-14-13-15-19-21(17)29-35-27(19)37-31-23(15)24-16(13)20-22-18(14)26(25)34-40-30(22)36-28(20)38-32(24)42-41(31)51-45(37)55-49(35)57(47(53)39(29)33)65(69)63(55)67-59(51)60-52(42)46(38)56-50(36)58-48(40)54(44(34)43)62(61)70(74)66(58)64(56)68(60)73(67,74)71(75-72)10-4-2-1-3-5-10/h1-9,72H. The molecule has 1 atom stereocenters. The fourth-order valence-electron chi connectivity index (χ4n) is 26.5. The Labute approximate surface area is 424 Å². The SMILES string of the molecule is O=[N+]([O-])c1ccc(C2N=C(c3ccccc3)C34c5c6c7c8c9c%10c(c%11c%12c3c3c5c5c%13c6c6c7c7c9c9c%14c%10c%10c%11c%11c%12c%12c3c3c5c5c%13c%13c6c6c7c9c7c9c%14c%10c%10c%11c%11c%12c3c3c5c5c%13c6c7c6c9c%10c%11c3c56)C824)cc1. The van der Waals surface area contributed by atoms with Crippen molar-refractivity contribution in [3.63, 3.8) is 0 Å².